The molecule has 0 aliphatic carbocycles. The van der Waals surface area contributed by atoms with Crippen LogP contribution in [0.5, 0.6) is 0 Å². The average Bonchev–Trinajstić information content (AvgIpc) is 2.68. The molecule has 4 rings (SSSR count). The van der Waals surface area contributed by atoms with E-state index in [1.165, 1.54) is 12.3 Å². The lowest BCUT2D eigenvalue weighted by molar-refractivity contribution is 0.0255. The highest BCUT2D eigenvalue weighted by atomic mass is 19.1. The number of fused-ring (bicyclic) bond motifs is 1. The van der Waals surface area contributed by atoms with Crippen molar-refractivity contribution in [2.45, 2.75) is 6.10 Å². The second-order valence-corrected chi connectivity index (χ2v) is 6.00. The number of hydrogen-bond acceptors (Lipinski definition) is 5. The summed E-state index contributed by atoms with van der Waals surface area (Å²) in [6, 6.07) is 11.9. The highest BCUT2D eigenvalue weighted by Gasteiger charge is 2.20. The molecule has 0 saturated carbocycles. The maximum absolute atomic E-state index is 14.4. The summed E-state index contributed by atoms with van der Waals surface area (Å²) in [7, 11) is 0. The predicted octanol–water partition coefficient (Wildman–Crippen LogP) is 2.68. The molecule has 132 valence electrons. The third-order valence-electron chi connectivity index (χ3n) is 4.21. The van der Waals surface area contributed by atoms with Gasteiger partial charge >= 0.3 is 0 Å². The van der Waals surface area contributed by atoms with Crippen LogP contribution >= 0.6 is 0 Å². The van der Waals surface area contributed by atoms with E-state index in [1.807, 2.05) is 18.2 Å². The molecule has 0 unspecified atom stereocenters. The van der Waals surface area contributed by atoms with Gasteiger partial charge in [0.2, 0.25) is 0 Å². The van der Waals surface area contributed by atoms with Gasteiger partial charge in [0.15, 0.2) is 0 Å². The SMILES string of the molecule is O=C(Nc1ccc([C@H]2CNCCO2)c(F)c1)c1cnc2ccccc2n1. The second kappa shape index (κ2) is 7.15. The second-order valence-electron chi connectivity index (χ2n) is 6.00. The van der Waals surface area contributed by atoms with Gasteiger partial charge in [-0.1, -0.05) is 18.2 Å². The normalized spacial score (nSPS) is 17.2. The minimum absolute atomic E-state index is 0.174. The topological polar surface area (TPSA) is 76.1 Å². The zero-order valence-electron chi connectivity index (χ0n) is 13.9. The molecule has 0 radical (unpaired) electrons. The number of carbonyl (C=O) groups is 1. The number of amides is 1. The number of anilines is 1. The molecule has 1 fully saturated rings. The Bertz CT molecular complexity index is 957. The number of nitrogens with one attached hydrogen (secondary N) is 2. The van der Waals surface area contributed by atoms with Crippen LogP contribution in [0.2, 0.25) is 0 Å². The van der Waals surface area contributed by atoms with E-state index in [0.717, 1.165) is 6.54 Å². The molecule has 1 saturated heterocycles. The van der Waals surface area contributed by atoms with Crippen LogP contribution in [0.4, 0.5) is 10.1 Å². The zero-order valence-corrected chi connectivity index (χ0v) is 13.9. The molecule has 2 N–H and O–H groups in total. The highest BCUT2D eigenvalue weighted by Crippen LogP contribution is 2.24. The van der Waals surface area contributed by atoms with E-state index in [0.29, 0.717) is 35.4 Å². The molecular formula is C19H17FN4O2. The molecule has 7 heteroatoms. The highest BCUT2D eigenvalue weighted by molar-refractivity contribution is 6.03. The quantitative estimate of drug-likeness (QED) is 0.758. The molecule has 3 aromatic rings. The first-order valence-corrected chi connectivity index (χ1v) is 8.35. The van der Waals surface area contributed by atoms with Crippen LogP contribution in [0.15, 0.2) is 48.7 Å². The van der Waals surface area contributed by atoms with Gasteiger partial charge < -0.3 is 15.4 Å². The van der Waals surface area contributed by atoms with E-state index in [-0.39, 0.29) is 11.8 Å². The fourth-order valence-electron chi connectivity index (χ4n) is 2.89. The Morgan fingerprint density at radius 3 is 2.85 bits per heavy atom. The fraction of sp³-hybridized carbons (Fsp3) is 0.211. The number of aromatic nitrogens is 2. The summed E-state index contributed by atoms with van der Waals surface area (Å²) in [6.07, 6.45) is 1.09. The van der Waals surface area contributed by atoms with E-state index in [4.69, 9.17) is 4.74 Å². The van der Waals surface area contributed by atoms with Crippen molar-refractivity contribution in [1.82, 2.24) is 15.3 Å². The number of hydrogen-bond donors (Lipinski definition) is 2. The molecule has 1 aliphatic rings. The van der Waals surface area contributed by atoms with Gasteiger partial charge in [0.1, 0.15) is 11.5 Å². The van der Waals surface area contributed by atoms with Gasteiger partial charge in [0.25, 0.3) is 5.91 Å². The lowest BCUT2D eigenvalue weighted by Gasteiger charge is -2.24. The minimum Gasteiger partial charge on any atom is -0.371 e. The monoisotopic (exact) mass is 352 g/mol. The van der Waals surface area contributed by atoms with Gasteiger partial charge in [-0.25, -0.2) is 9.37 Å². The maximum Gasteiger partial charge on any atom is 0.275 e. The Hall–Kier alpha value is -2.90. The first-order chi connectivity index (χ1) is 12.7. The van der Waals surface area contributed by atoms with Gasteiger partial charge in [0.05, 0.1) is 29.9 Å². The van der Waals surface area contributed by atoms with Crippen molar-refractivity contribution in [3.63, 3.8) is 0 Å². The molecular weight excluding hydrogens is 335 g/mol. The summed E-state index contributed by atoms with van der Waals surface area (Å²) in [5.41, 5.74) is 2.34. The first-order valence-electron chi connectivity index (χ1n) is 8.35. The summed E-state index contributed by atoms with van der Waals surface area (Å²) in [5, 5.41) is 5.82. The minimum atomic E-state index is -0.439. The van der Waals surface area contributed by atoms with Crippen molar-refractivity contribution < 1.29 is 13.9 Å². The van der Waals surface area contributed by atoms with E-state index >= 15 is 0 Å². The maximum atomic E-state index is 14.4. The van der Waals surface area contributed by atoms with Crippen molar-refractivity contribution in [1.29, 1.82) is 0 Å². The Balaban J connectivity index is 1.52. The van der Waals surface area contributed by atoms with Crippen LogP contribution in [-0.4, -0.2) is 35.6 Å². The number of benzene rings is 2. The van der Waals surface area contributed by atoms with E-state index in [9.17, 15) is 9.18 Å². The van der Waals surface area contributed by atoms with Crippen molar-refractivity contribution in [2.24, 2.45) is 0 Å². The molecule has 0 spiro atoms. The number of carbonyl (C=O) groups excluding carboxylic acids is 1. The van der Waals surface area contributed by atoms with Gasteiger partial charge in [0, 0.05) is 24.3 Å². The third-order valence-corrected chi connectivity index (χ3v) is 4.21. The van der Waals surface area contributed by atoms with Gasteiger partial charge in [-0.05, 0) is 24.3 Å². The number of rotatable bonds is 3. The summed E-state index contributed by atoms with van der Waals surface area (Å²) in [6.45, 7) is 1.87. The summed E-state index contributed by atoms with van der Waals surface area (Å²) < 4.78 is 20.0. The molecule has 1 amide bonds. The molecule has 2 heterocycles. The summed E-state index contributed by atoms with van der Waals surface area (Å²) in [4.78, 5) is 20.9. The van der Waals surface area contributed by atoms with Gasteiger partial charge in [-0.2, -0.15) is 0 Å². The summed E-state index contributed by atoms with van der Waals surface area (Å²) >= 11 is 0. The van der Waals surface area contributed by atoms with E-state index < -0.39 is 11.7 Å². The first kappa shape index (κ1) is 16.6. The van der Waals surface area contributed by atoms with Crippen LogP contribution in [0, 0.1) is 5.82 Å². The standard InChI is InChI=1S/C19H17FN4O2/c20-14-9-12(5-6-13(14)18-11-21-7-8-26-18)23-19(25)17-10-22-15-3-1-2-4-16(15)24-17/h1-6,9-10,18,21H,7-8,11H2,(H,23,25)/t18-/m1/s1. The van der Waals surface area contributed by atoms with Crippen molar-refractivity contribution in [2.75, 3.05) is 25.0 Å². The average molecular weight is 352 g/mol. The smallest absolute Gasteiger partial charge is 0.275 e. The number of ether oxygens (including phenoxy) is 1. The Kier molecular flexibility index (Phi) is 4.55. The third kappa shape index (κ3) is 3.40. The van der Waals surface area contributed by atoms with Crippen molar-refractivity contribution in [3.05, 3.63) is 65.7 Å². The summed E-state index contributed by atoms with van der Waals surface area (Å²) in [5.74, 6) is -0.855. The molecule has 1 aromatic heterocycles. The molecule has 26 heavy (non-hydrogen) atoms. The van der Waals surface area contributed by atoms with Crippen LogP contribution in [0.3, 0.4) is 0 Å². The van der Waals surface area contributed by atoms with Gasteiger partial charge in [-0.15, -0.1) is 0 Å². The molecule has 2 aromatic carbocycles. The van der Waals surface area contributed by atoms with Crippen LogP contribution in [0.1, 0.15) is 22.2 Å². The molecule has 1 atom stereocenters. The van der Waals surface area contributed by atoms with E-state index in [1.54, 1.807) is 18.2 Å². The van der Waals surface area contributed by atoms with Crippen LogP contribution in [-0.2, 0) is 4.74 Å². The molecule has 0 bridgehead atoms. The van der Waals surface area contributed by atoms with E-state index in [2.05, 4.69) is 20.6 Å². The Morgan fingerprint density at radius 2 is 2.08 bits per heavy atom. The van der Waals surface area contributed by atoms with Crippen molar-refractivity contribution >= 4 is 22.6 Å². The van der Waals surface area contributed by atoms with Gasteiger partial charge in [-0.3, -0.25) is 9.78 Å². The van der Waals surface area contributed by atoms with Crippen molar-refractivity contribution in [3.8, 4) is 0 Å². The fourth-order valence-corrected chi connectivity index (χ4v) is 2.89. The number of morpholine rings is 1. The zero-order chi connectivity index (χ0) is 17.9. The Labute approximate surface area is 149 Å². The van der Waals surface area contributed by atoms with Crippen LogP contribution in [0.25, 0.3) is 11.0 Å². The number of halogens is 1. The lowest BCUT2D eigenvalue weighted by Crippen LogP contribution is -2.33. The lowest BCUT2D eigenvalue weighted by atomic mass is 10.1. The van der Waals surface area contributed by atoms with Crippen LogP contribution < -0.4 is 10.6 Å². The number of nitrogens with zero attached hydrogens (tertiary/aromatic N) is 2. The Morgan fingerprint density at radius 1 is 1.23 bits per heavy atom. The largest absolute Gasteiger partial charge is 0.371 e. The number of para-hydroxylation sites is 2. The molecule has 1 aliphatic heterocycles. The molecule has 6 nitrogen and oxygen atoms in total. The predicted molar refractivity (Wildman–Crippen MR) is 95.5 cm³/mol.